The number of nitrogens with zero attached hydrogens (tertiary/aromatic N) is 4. The highest BCUT2D eigenvalue weighted by molar-refractivity contribution is 5.95. The topological polar surface area (TPSA) is 88.8 Å². The lowest BCUT2D eigenvalue weighted by Crippen LogP contribution is -2.45. The summed E-state index contributed by atoms with van der Waals surface area (Å²) in [5, 5.41) is 10.7. The Kier molecular flexibility index (Phi) is 5.00. The van der Waals surface area contributed by atoms with Crippen LogP contribution in [0.1, 0.15) is 28.9 Å². The van der Waals surface area contributed by atoms with Crippen molar-refractivity contribution in [2.45, 2.75) is 32.4 Å². The number of pyridine rings is 1. The molecule has 1 saturated heterocycles. The van der Waals surface area contributed by atoms with Crippen LogP contribution in [0.2, 0.25) is 0 Å². The number of piperidine rings is 1. The average molecular weight is 418 g/mol. The van der Waals surface area contributed by atoms with Crippen molar-refractivity contribution in [2.24, 2.45) is 5.73 Å². The maximum Gasteiger partial charge on any atom is 0.254 e. The minimum atomic E-state index is 0.00856. The number of likely N-dealkylation sites (tertiary alicyclic amines) is 1. The second-order valence-electron chi connectivity index (χ2n) is 8.31. The van der Waals surface area contributed by atoms with Crippen LogP contribution < -0.4 is 5.73 Å². The average Bonchev–Trinajstić information content (AvgIpc) is 3.31. The summed E-state index contributed by atoms with van der Waals surface area (Å²) in [5.74, 6) is 0.00856. The minimum absolute atomic E-state index is 0.00856. The molecule has 7 nitrogen and oxygen atoms in total. The number of aliphatic hydroxyl groups is 1. The minimum Gasteiger partial charge on any atom is -0.395 e. The molecule has 160 valence electrons. The molecule has 0 unspecified atom stereocenters. The highest BCUT2D eigenvalue weighted by Gasteiger charge is 2.23. The van der Waals surface area contributed by atoms with E-state index >= 15 is 0 Å². The van der Waals surface area contributed by atoms with Crippen molar-refractivity contribution in [3.05, 3.63) is 59.9 Å². The lowest BCUT2D eigenvalue weighted by atomic mass is 10.1. The molecular weight excluding hydrogens is 390 g/mol. The molecule has 4 aromatic rings. The van der Waals surface area contributed by atoms with Gasteiger partial charge in [0.25, 0.3) is 5.91 Å². The summed E-state index contributed by atoms with van der Waals surface area (Å²) < 4.78 is 4.11. The Hall–Kier alpha value is -3.16. The third-order valence-corrected chi connectivity index (χ3v) is 6.23. The highest BCUT2D eigenvalue weighted by Crippen LogP contribution is 2.30. The third kappa shape index (κ3) is 3.40. The van der Waals surface area contributed by atoms with Crippen molar-refractivity contribution in [1.82, 2.24) is 18.9 Å². The number of imidazole rings is 1. The van der Waals surface area contributed by atoms with Crippen LogP contribution in [-0.2, 0) is 6.54 Å². The normalized spacial score (nSPS) is 17.0. The van der Waals surface area contributed by atoms with Crippen molar-refractivity contribution in [3.8, 4) is 11.4 Å². The number of aryl methyl sites for hydroxylation is 1. The predicted molar refractivity (Wildman–Crippen MR) is 121 cm³/mol. The van der Waals surface area contributed by atoms with Gasteiger partial charge in [0.15, 0.2) is 0 Å². The molecule has 1 aliphatic rings. The van der Waals surface area contributed by atoms with E-state index in [0.717, 1.165) is 53.0 Å². The van der Waals surface area contributed by atoms with Crippen molar-refractivity contribution in [1.29, 1.82) is 0 Å². The van der Waals surface area contributed by atoms with Crippen molar-refractivity contribution < 1.29 is 9.90 Å². The number of aromatic nitrogens is 3. The van der Waals surface area contributed by atoms with E-state index in [1.165, 1.54) is 0 Å². The first-order valence-corrected chi connectivity index (χ1v) is 10.8. The number of amides is 1. The van der Waals surface area contributed by atoms with E-state index in [1.807, 2.05) is 46.7 Å². The Morgan fingerprint density at radius 1 is 1.26 bits per heavy atom. The first-order valence-electron chi connectivity index (χ1n) is 10.8. The lowest BCUT2D eigenvalue weighted by Gasteiger charge is -2.30. The van der Waals surface area contributed by atoms with E-state index in [4.69, 9.17) is 10.7 Å². The second-order valence-corrected chi connectivity index (χ2v) is 8.31. The van der Waals surface area contributed by atoms with Crippen LogP contribution in [0.3, 0.4) is 0 Å². The van der Waals surface area contributed by atoms with Crippen molar-refractivity contribution in [3.63, 3.8) is 0 Å². The molecule has 1 aliphatic heterocycles. The summed E-state index contributed by atoms with van der Waals surface area (Å²) in [5.41, 5.74) is 11.3. The van der Waals surface area contributed by atoms with Gasteiger partial charge >= 0.3 is 0 Å². The van der Waals surface area contributed by atoms with Gasteiger partial charge in [0.2, 0.25) is 0 Å². The number of carbonyl (C=O) groups excluding carboxylic acids is 1. The fourth-order valence-corrected chi connectivity index (χ4v) is 4.67. The van der Waals surface area contributed by atoms with E-state index in [-0.39, 0.29) is 18.6 Å². The van der Waals surface area contributed by atoms with Gasteiger partial charge in [0.1, 0.15) is 11.3 Å². The highest BCUT2D eigenvalue weighted by atomic mass is 16.3. The molecule has 5 rings (SSSR count). The SMILES string of the molecule is Cc1c(-c2cc3ccccc3n2CCO)nc2cc(C(=O)N3CCC[C@@H](N)C3)ccn12. The van der Waals surface area contributed by atoms with E-state index in [0.29, 0.717) is 18.7 Å². The van der Waals surface area contributed by atoms with Crippen LogP contribution in [0.5, 0.6) is 0 Å². The smallest absolute Gasteiger partial charge is 0.254 e. The van der Waals surface area contributed by atoms with E-state index < -0.39 is 0 Å². The summed E-state index contributed by atoms with van der Waals surface area (Å²) in [7, 11) is 0. The van der Waals surface area contributed by atoms with Crippen LogP contribution >= 0.6 is 0 Å². The predicted octanol–water partition coefficient (Wildman–Crippen LogP) is 2.82. The van der Waals surface area contributed by atoms with Gasteiger partial charge < -0.3 is 24.7 Å². The second kappa shape index (κ2) is 7.83. The number of hydrogen-bond acceptors (Lipinski definition) is 4. The van der Waals surface area contributed by atoms with Gasteiger partial charge in [0.05, 0.1) is 12.3 Å². The maximum absolute atomic E-state index is 13.0. The number of rotatable bonds is 4. The molecule has 3 aromatic heterocycles. The molecule has 0 radical (unpaired) electrons. The fourth-order valence-electron chi connectivity index (χ4n) is 4.67. The van der Waals surface area contributed by atoms with E-state index in [9.17, 15) is 9.90 Å². The summed E-state index contributed by atoms with van der Waals surface area (Å²) in [6, 6.07) is 14.0. The van der Waals surface area contributed by atoms with Gasteiger partial charge in [-0.15, -0.1) is 0 Å². The first kappa shape index (κ1) is 19.8. The monoisotopic (exact) mass is 417 g/mol. The van der Waals surface area contributed by atoms with Crippen LogP contribution in [0.25, 0.3) is 27.9 Å². The molecule has 3 N–H and O–H groups in total. The standard InChI is InChI=1S/C24H27N5O2/c1-16-23(21-13-17-5-2-3-7-20(17)29(21)11-12-30)26-22-14-18(8-10-28(16)22)24(31)27-9-4-6-19(25)15-27/h2-3,5,7-8,10,13-14,19,30H,4,6,9,11-12,15,25H2,1H3/t19-/m1/s1. The summed E-state index contributed by atoms with van der Waals surface area (Å²) >= 11 is 0. The number of hydrogen-bond donors (Lipinski definition) is 2. The molecule has 1 aromatic carbocycles. The molecule has 31 heavy (non-hydrogen) atoms. The van der Waals surface area contributed by atoms with Crippen molar-refractivity contribution in [2.75, 3.05) is 19.7 Å². The molecular formula is C24H27N5O2. The molecule has 1 atom stereocenters. The fraction of sp³-hybridized carbons (Fsp3) is 0.333. The number of carbonyl (C=O) groups is 1. The molecule has 0 aliphatic carbocycles. The van der Waals surface area contributed by atoms with Gasteiger partial charge in [-0.2, -0.15) is 0 Å². The molecule has 1 amide bonds. The largest absolute Gasteiger partial charge is 0.395 e. The number of aliphatic hydroxyl groups excluding tert-OH is 1. The number of benzene rings is 1. The van der Waals surface area contributed by atoms with E-state index in [2.05, 4.69) is 22.8 Å². The zero-order chi connectivity index (χ0) is 21.5. The number of fused-ring (bicyclic) bond motifs is 2. The van der Waals surface area contributed by atoms with Crippen LogP contribution in [0.4, 0.5) is 0 Å². The Balaban J connectivity index is 1.57. The summed E-state index contributed by atoms with van der Waals surface area (Å²) in [4.78, 5) is 19.7. The van der Waals surface area contributed by atoms with Gasteiger partial charge in [0, 0.05) is 54.0 Å². The summed E-state index contributed by atoms with van der Waals surface area (Å²) in [6.45, 7) is 3.92. The first-order chi connectivity index (χ1) is 15.1. The van der Waals surface area contributed by atoms with Crippen LogP contribution in [0.15, 0.2) is 48.7 Å². The molecule has 0 saturated carbocycles. The Labute approximate surface area is 180 Å². The third-order valence-electron chi connectivity index (χ3n) is 6.23. The van der Waals surface area contributed by atoms with Gasteiger partial charge in [-0.25, -0.2) is 4.98 Å². The quantitative estimate of drug-likeness (QED) is 0.534. The maximum atomic E-state index is 13.0. The molecule has 1 fully saturated rings. The van der Waals surface area contributed by atoms with Gasteiger partial charge in [-0.1, -0.05) is 18.2 Å². The molecule has 0 spiro atoms. The van der Waals surface area contributed by atoms with Crippen molar-refractivity contribution >= 4 is 22.5 Å². The van der Waals surface area contributed by atoms with Crippen LogP contribution in [0, 0.1) is 6.92 Å². The van der Waals surface area contributed by atoms with E-state index in [1.54, 1.807) is 0 Å². The number of para-hydroxylation sites is 1. The van der Waals surface area contributed by atoms with Gasteiger partial charge in [-0.05, 0) is 44.0 Å². The Morgan fingerprint density at radius 2 is 2.10 bits per heavy atom. The Bertz CT molecular complexity index is 1270. The Morgan fingerprint density at radius 3 is 2.90 bits per heavy atom. The lowest BCUT2D eigenvalue weighted by molar-refractivity contribution is 0.0709. The molecule has 0 bridgehead atoms. The zero-order valence-electron chi connectivity index (χ0n) is 17.7. The zero-order valence-corrected chi connectivity index (χ0v) is 17.7. The molecule has 4 heterocycles. The van der Waals surface area contributed by atoms with Gasteiger partial charge in [-0.3, -0.25) is 4.79 Å². The number of nitrogens with two attached hydrogens (primary N) is 1. The summed E-state index contributed by atoms with van der Waals surface area (Å²) in [6.07, 6.45) is 3.82. The van der Waals surface area contributed by atoms with Crippen LogP contribution in [-0.4, -0.2) is 55.6 Å². The molecule has 7 heteroatoms.